The van der Waals surface area contributed by atoms with Gasteiger partial charge < -0.3 is 0 Å². The molecule has 2 aromatic carbocycles. The summed E-state index contributed by atoms with van der Waals surface area (Å²) in [4.78, 5) is 0. The summed E-state index contributed by atoms with van der Waals surface area (Å²) < 4.78 is 1.16. The Balaban J connectivity index is 1.65. The number of unbranched alkanes of at least 4 members (excludes halogenated alkanes) is 1. The van der Waals surface area contributed by atoms with Crippen LogP contribution in [0.2, 0.25) is 0 Å². The van der Waals surface area contributed by atoms with Gasteiger partial charge in [-0.3, -0.25) is 0 Å². The van der Waals surface area contributed by atoms with E-state index < -0.39 is 0 Å². The van der Waals surface area contributed by atoms with E-state index in [9.17, 15) is 0 Å². The Morgan fingerprint density at radius 2 is 1.55 bits per heavy atom. The number of aryl methyl sites for hydroxylation is 1. The van der Waals surface area contributed by atoms with Gasteiger partial charge in [0.2, 0.25) is 0 Å². The molecule has 1 unspecified atom stereocenters. The Hall–Kier alpha value is -1.08. The summed E-state index contributed by atoms with van der Waals surface area (Å²) in [6.45, 7) is 2.37. The Kier molecular flexibility index (Phi) is 6.32. The minimum absolute atomic E-state index is 0.770. The number of rotatable bonds is 7. The molecular weight excluding hydrogens is 308 g/mol. The van der Waals surface area contributed by atoms with Gasteiger partial charge in [-0.2, -0.15) is 0 Å². The molecule has 0 amide bonds. The van der Waals surface area contributed by atoms with E-state index in [-0.39, 0.29) is 0 Å². The first-order valence-corrected chi connectivity index (χ1v) is 8.31. The minimum atomic E-state index is 0.770. The molecule has 1 atom stereocenters. The van der Waals surface area contributed by atoms with E-state index >= 15 is 0 Å². The Morgan fingerprint density at radius 3 is 2.25 bits per heavy atom. The lowest BCUT2D eigenvalue weighted by atomic mass is 9.95. The standard InChI is InChI=1S/C19H23Br/c1-16(15-18-11-13-19(20)14-12-18)7-5-6-10-17-8-3-2-4-9-17/h2-4,8-9,11-14,16H,5-7,10,15H2,1H3. The summed E-state index contributed by atoms with van der Waals surface area (Å²) in [5, 5.41) is 0. The van der Waals surface area contributed by atoms with Crippen LogP contribution in [0.5, 0.6) is 0 Å². The van der Waals surface area contributed by atoms with Gasteiger partial charge in [0.25, 0.3) is 0 Å². The molecule has 2 aromatic rings. The molecule has 0 radical (unpaired) electrons. The fourth-order valence-corrected chi connectivity index (χ4v) is 2.86. The average Bonchev–Trinajstić information content (AvgIpc) is 2.47. The second-order valence-electron chi connectivity index (χ2n) is 5.67. The lowest BCUT2D eigenvalue weighted by Gasteiger charge is -2.11. The SMILES string of the molecule is CC(CCCCc1ccccc1)Cc1ccc(Br)cc1. The van der Waals surface area contributed by atoms with Crippen molar-refractivity contribution >= 4 is 15.9 Å². The van der Waals surface area contributed by atoms with Crippen molar-refractivity contribution in [3.8, 4) is 0 Å². The Morgan fingerprint density at radius 1 is 0.850 bits per heavy atom. The number of hydrogen-bond donors (Lipinski definition) is 0. The molecule has 0 N–H and O–H groups in total. The van der Waals surface area contributed by atoms with Crippen molar-refractivity contribution in [1.82, 2.24) is 0 Å². The third kappa shape index (κ3) is 5.50. The Labute approximate surface area is 131 Å². The van der Waals surface area contributed by atoms with Crippen LogP contribution >= 0.6 is 15.9 Å². The van der Waals surface area contributed by atoms with Gasteiger partial charge in [-0.15, -0.1) is 0 Å². The molecule has 0 heterocycles. The van der Waals surface area contributed by atoms with Crippen molar-refractivity contribution in [2.75, 3.05) is 0 Å². The summed E-state index contributed by atoms with van der Waals surface area (Å²) >= 11 is 3.49. The molecule has 0 saturated carbocycles. The van der Waals surface area contributed by atoms with E-state index in [1.54, 1.807) is 0 Å². The van der Waals surface area contributed by atoms with Crippen LogP contribution in [-0.2, 0) is 12.8 Å². The Bertz CT molecular complexity index is 487. The highest BCUT2D eigenvalue weighted by Gasteiger charge is 2.04. The van der Waals surface area contributed by atoms with Crippen LogP contribution in [0.25, 0.3) is 0 Å². The zero-order chi connectivity index (χ0) is 14.2. The molecule has 0 fully saturated rings. The third-order valence-electron chi connectivity index (χ3n) is 3.75. The van der Waals surface area contributed by atoms with Crippen LogP contribution < -0.4 is 0 Å². The van der Waals surface area contributed by atoms with Crippen LogP contribution in [0.3, 0.4) is 0 Å². The van der Waals surface area contributed by atoms with E-state index in [2.05, 4.69) is 77.5 Å². The fraction of sp³-hybridized carbons (Fsp3) is 0.368. The number of hydrogen-bond acceptors (Lipinski definition) is 0. The molecular formula is C19H23Br. The molecule has 1 heteroatoms. The van der Waals surface area contributed by atoms with Gasteiger partial charge in [0.1, 0.15) is 0 Å². The summed E-state index contributed by atoms with van der Waals surface area (Å²) in [5.41, 5.74) is 2.91. The predicted octanol–water partition coefficient (Wildman–Crippen LogP) is 6.04. The molecule has 2 rings (SSSR count). The largest absolute Gasteiger partial charge is 0.0622 e. The first-order chi connectivity index (χ1) is 9.74. The smallest absolute Gasteiger partial charge is 0.0175 e. The van der Waals surface area contributed by atoms with Crippen molar-refractivity contribution in [3.63, 3.8) is 0 Å². The number of benzene rings is 2. The van der Waals surface area contributed by atoms with Gasteiger partial charge >= 0.3 is 0 Å². The molecule has 106 valence electrons. The normalized spacial score (nSPS) is 12.3. The maximum absolute atomic E-state index is 3.49. The van der Waals surface area contributed by atoms with Crippen LogP contribution in [0.4, 0.5) is 0 Å². The van der Waals surface area contributed by atoms with Crippen molar-refractivity contribution in [3.05, 3.63) is 70.2 Å². The zero-order valence-electron chi connectivity index (χ0n) is 12.2. The maximum Gasteiger partial charge on any atom is 0.0175 e. The molecule has 0 aliphatic carbocycles. The van der Waals surface area contributed by atoms with E-state index in [1.807, 2.05) is 0 Å². The monoisotopic (exact) mass is 330 g/mol. The zero-order valence-corrected chi connectivity index (χ0v) is 13.8. The van der Waals surface area contributed by atoms with E-state index in [4.69, 9.17) is 0 Å². The molecule has 0 aromatic heterocycles. The summed E-state index contributed by atoms with van der Waals surface area (Å²) in [6.07, 6.45) is 6.36. The highest BCUT2D eigenvalue weighted by atomic mass is 79.9. The highest BCUT2D eigenvalue weighted by molar-refractivity contribution is 9.10. The third-order valence-corrected chi connectivity index (χ3v) is 4.28. The summed E-state index contributed by atoms with van der Waals surface area (Å²) in [5.74, 6) is 0.770. The lowest BCUT2D eigenvalue weighted by Crippen LogP contribution is -2.00. The first kappa shape index (κ1) is 15.3. The second-order valence-corrected chi connectivity index (χ2v) is 6.58. The van der Waals surface area contributed by atoms with E-state index in [1.165, 1.54) is 43.2 Å². The van der Waals surface area contributed by atoms with Crippen molar-refractivity contribution in [2.24, 2.45) is 5.92 Å². The molecule has 0 aliphatic rings. The average molecular weight is 331 g/mol. The molecule has 20 heavy (non-hydrogen) atoms. The van der Waals surface area contributed by atoms with Gasteiger partial charge in [-0.25, -0.2) is 0 Å². The molecule has 0 nitrogen and oxygen atoms in total. The van der Waals surface area contributed by atoms with E-state index in [0.717, 1.165) is 10.4 Å². The lowest BCUT2D eigenvalue weighted by molar-refractivity contribution is 0.495. The van der Waals surface area contributed by atoms with Gasteiger partial charge in [0.05, 0.1) is 0 Å². The minimum Gasteiger partial charge on any atom is -0.0622 e. The molecule has 0 spiro atoms. The van der Waals surface area contributed by atoms with Crippen LogP contribution in [0, 0.1) is 5.92 Å². The van der Waals surface area contributed by atoms with Crippen LogP contribution in [-0.4, -0.2) is 0 Å². The number of halogens is 1. The first-order valence-electron chi connectivity index (χ1n) is 7.52. The topological polar surface area (TPSA) is 0 Å². The van der Waals surface area contributed by atoms with Crippen molar-refractivity contribution in [1.29, 1.82) is 0 Å². The fourth-order valence-electron chi connectivity index (χ4n) is 2.59. The van der Waals surface area contributed by atoms with E-state index in [0.29, 0.717) is 0 Å². The quantitative estimate of drug-likeness (QED) is 0.543. The van der Waals surface area contributed by atoms with Crippen LogP contribution in [0.1, 0.15) is 37.3 Å². The molecule has 0 saturated heterocycles. The highest BCUT2D eigenvalue weighted by Crippen LogP contribution is 2.18. The van der Waals surface area contributed by atoms with Crippen molar-refractivity contribution in [2.45, 2.75) is 39.0 Å². The predicted molar refractivity (Wildman–Crippen MR) is 91.0 cm³/mol. The summed E-state index contributed by atoms with van der Waals surface area (Å²) in [7, 11) is 0. The second kappa shape index (κ2) is 8.26. The van der Waals surface area contributed by atoms with Gasteiger partial charge in [-0.05, 0) is 48.4 Å². The van der Waals surface area contributed by atoms with Gasteiger partial charge in [-0.1, -0.05) is 78.2 Å². The summed E-state index contributed by atoms with van der Waals surface area (Å²) in [6, 6.07) is 19.5. The maximum atomic E-state index is 3.49. The molecule has 0 bridgehead atoms. The van der Waals surface area contributed by atoms with Crippen molar-refractivity contribution < 1.29 is 0 Å². The van der Waals surface area contributed by atoms with Crippen LogP contribution in [0.15, 0.2) is 59.1 Å². The van der Waals surface area contributed by atoms with Gasteiger partial charge in [0, 0.05) is 4.47 Å². The molecule has 0 aliphatic heterocycles. The van der Waals surface area contributed by atoms with Gasteiger partial charge in [0.15, 0.2) is 0 Å².